The van der Waals surface area contributed by atoms with Crippen LogP contribution in [-0.2, 0) is 6.61 Å². The molecule has 0 heterocycles. The second kappa shape index (κ2) is 9.12. The highest BCUT2D eigenvalue weighted by molar-refractivity contribution is 14.1. The Hall–Kier alpha value is -2.11. The number of nitriles is 1. The zero-order valence-corrected chi connectivity index (χ0v) is 14.5. The highest BCUT2D eigenvalue weighted by atomic mass is 127. The van der Waals surface area contributed by atoms with Gasteiger partial charge in [0.15, 0.2) is 0 Å². The lowest BCUT2D eigenvalue weighted by Gasteiger charge is -2.08. The summed E-state index contributed by atoms with van der Waals surface area (Å²) >= 11 is 2.26. The molecule has 0 spiro atoms. The van der Waals surface area contributed by atoms with E-state index >= 15 is 0 Å². The summed E-state index contributed by atoms with van der Waals surface area (Å²) in [5, 5.41) is 8.41. The van der Waals surface area contributed by atoms with E-state index in [9.17, 15) is 4.79 Å². The molecule has 0 bridgehead atoms. The Bertz CT molecular complexity index is 678. The first-order valence-corrected chi connectivity index (χ1v) is 8.14. The van der Waals surface area contributed by atoms with E-state index < -0.39 is 0 Å². The molecule has 2 rings (SSSR count). The number of benzene rings is 2. The van der Waals surface area contributed by atoms with Gasteiger partial charge in [-0.1, -0.05) is 12.1 Å². The van der Waals surface area contributed by atoms with E-state index in [4.69, 9.17) is 10.00 Å². The molecule has 0 aromatic heterocycles. The largest absolute Gasteiger partial charge is 0.489 e. The molecule has 0 saturated heterocycles. The van der Waals surface area contributed by atoms with E-state index in [0.717, 1.165) is 5.56 Å². The molecule has 2 aromatic carbocycles. The third-order valence-corrected chi connectivity index (χ3v) is 3.72. The molecule has 23 heavy (non-hydrogen) atoms. The molecular formula is C17H16IN3O2. The number of nitrogens with one attached hydrogen (secondary N) is 2. The van der Waals surface area contributed by atoms with Crippen LogP contribution in [0.1, 0.15) is 22.3 Å². The maximum absolute atomic E-state index is 11.8. The number of nitrogens with zero attached hydrogens (tertiary/aromatic N) is 1. The predicted octanol–water partition coefficient (Wildman–Crippen LogP) is 3.02. The van der Waals surface area contributed by atoms with Crippen molar-refractivity contribution in [1.29, 1.82) is 5.26 Å². The smallest absolute Gasteiger partial charge is 0.265 e. The molecule has 6 heteroatoms. The minimum atomic E-state index is -0.243. The van der Waals surface area contributed by atoms with Crippen molar-refractivity contribution in [3.8, 4) is 11.8 Å². The lowest BCUT2D eigenvalue weighted by molar-refractivity contribution is 0.0933. The van der Waals surface area contributed by atoms with Crippen molar-refractivity contribution in [3.63, 3.8) is 0 Å². The molecule has 0 aliphatic heterocycles. The Kier molecular flexibility index (Phi) is 6.84. The first-order valence-electron chi connectivity index (χ1n) is 7.06. The minimum Gasteiger partial charge on any atom is -0.489 e. The highest BCUT2D eigenvalue weighted by Crippen LogP contribution is 2.15. The predicted molar refractivity (Wildman–Crippen MR) is 95.6 cm³/mol. The summed E-state index contributed by atoms with van der Waals surface area (Å²) in [5.74, 6) is 0.463. The Labute approximate surface area is 148 Å². The van der Waals surface area contributed by atoms with E-state index in [1.54, 1.807) is 24.3 Å². The van der Waals surface area contributed by atoms with Gasteiger partial charge in [-0.25, -0.2) is 5.43 Å². The summed E-state index contributed by atoms with van der Waals surface area (Å²) in [5.41, 5.74) is 6.85. The summed E-state index contributed by atoms with van der Waals surface area (Å²) < 4.78 is 6.88. The Morgan fingerprint density at radius 2 is 1.83 bits per heavy atom. The van der Waals surface area contributed by atoms with Gasteiger partial charge in [-0.2, -0.15) is 5.26 Å². The number of rotatable bonds is 7. The normalized spacial score (nSPS) is 9.91. The number of carbonyl (C=O) groups excluding carboxylic acids is 1. The van der Waals surface area contributed by atoms with Crippen molar-refractivity contribution in [2.24, 2.45) is 0 Å². The third kappa shape index (κ3) is 5.88. The van der Waals surface area contributed by atoms with Crippen molar-refractivity contribution >= 4 is 28.5 Å². The number of ether oxygens (including phenoxy) is 1. The summed E-state index contributed by atoms with van der Waals surface area (Å²) in [6, 6.07) is 17.0. The SMILES string of the molecule is N#CCCNNC(=O)c1ccc(OCc2ccc(I)cc2)cc1. The average Bonchev–Trinajstić information content (AvgIpc) is 2.58. The lowest BCUT2D eigenvalue weighted by atomic mass is 10.2. The van der Waals surface area contributed by atoms with Gasteiger partial charge in [-0.15, -0.1) is 0 Å². The summed E-state index contributed by atoms with van der Waals surface area (Å²) in [6.07, 6.45) is 0.339. The molecule has 118 valence electrons. The van der Waals surface area contributed by atoms with Crippen molar-refractivity contribution in [1.82, 2.24) is 10.9 Å². The maximum atomic E-state index is 11.8. The van der Waals surface area contributed by atoms with Crippen molar-refractivity contribution in [3.05, 3.63) is 63.2 Å². The fourth-order valence-electron chi connectivity index (χ4n) is 1.78. The van der Waals surface area contributed by atoms with Crippen LogP contribution in [0, 0.1) is 14.9 Å². The average molecular weight is 421 g/mol. The molecule has 0 fully saturated rings. The Morgan fingerprint density at radius 3 is 2.48 bits per heavy atom. The van der Waals surface area contributed by atoms with Crippen molar-refractivity contribution < 1.29 is 9.53 Å². The second-order valence-corrected chi connectivity index (χ2v) is 5.97. The van der Waals surface area contributed by atoms with Crippen LogP contribution in [0.4, 0.5) is 0 Å². The topological polar surface area (TPSA) is 74.2 Å². The van der Waals surface area contributed by atoms with Crippen LogP contribution in [0.3, 0.4) is 0 Å². The zero-order chi connectivity index (χ0) is 16.5. The van der Waals surface area contributed by atoms with Gasteiger partial charge in [0.25, 0.3) is 5.91 Å². The minimum absolute atomic E-state index is 0.243. The maximum Gasteiger partial charge on any atom is 0.265 e. The molecule has 5 nitrogen and oxygen atoms in total. The van der Waals surface area contributed by atoms with Gasteiger partial charge < -0.3 is 4.74 Å². The Morgan fingerprint density at radius 1 is 1.13 bits per heavy atom. The van der Waals surface area contributed by atoms with E-state index in [1.165, 1.54) is 3.57 Å². The molecular weight excluding hydrogens is 405 g/mol. The molecule has 0 unspecified atom stereocenters. The van der Waals surface area contributed by atoms with Crippen LogP contribution >= 0.6 is 22.6 Å². The van der Waals surface area contributed by atoms with Crippen LogP contribution in [0.5, 0.6) is 5.75 Å². The molecule has 0 aliphatic carbocycles. The molecule has 0 atom stereocenters. The van der Waals surface area contributed by atoms with Crippen LogP contribution < -0.4 is 15.6 Å². The molecule has 0 saturated carbocycles. The van der Waals surface area contributed by atoms with Gasteiger partial charge in [0.1, 0.15) is 12.4 Å². The van der Waals surface area contributed by atoms with Gasteiger partial charge in [0.05, 0.1) is 6.07 Å². The monoisotopic (exact) mass is 421 g/mol. The van der Waals surface area contributed by atoms with Crippen molar-refractivity contribution in [2.75, 3.05) is 6.54 Å². The highest BCUT2D eigenvalue weighted by Gasteiger charge is 2.05. The number of hydrogen-bond donors (Lipinski definition) is 2. The Balaban J connectivity index is 1.83. The third-order valence-electron chi connectivity index (χ3n) is 3.00. The van der Waals surface area contributed by atoms with Gasteiger partial charge in [0.2, 0.25) is 0 Å². The van der Waals surface area contributed by atoms with Gasteiger partial charge in [-0.05, 0) is 64.6 Å². The first-order chi connectivity index (χ1) is 11.2. The number of amides is 1. The number of carbonyl (C=O) groups is 1. The van der Waals surface area contributed by atoms with E-state index in [-0.39, 0.29) is 5.91 Å². The van der Waals surface area contributed by atoms with Gasteiger partial charge >= 0.3 is 0 Å². The van der Waals surface area contributed by atoms with E-state index in [0.29, 0.717) is 30.9 Å². The fraction of sp³-hybridized carbons (Fsp3) is 0.176. The molecule has 0 aliphatic rings. The van der Waals surface area contributed by atoms with E-state index in [2.05, 4.69) is 33.4 Å². The number of halogens is 1. The summed E-state index contributed by atoms with van der Waals surface area (Å²) in [6.45, 7) is 0.900. The van der Waals surface area contributed by atoms with Crippen molar-refractivity contribution in [2.45, 2.75) is 13.0 Å². The first kappa shape index (κ1) is 17.2. The van der Waals surface area contributed by atoms with E-state index in [1.807, 2.05) is 30.3 Å². The summed E-state index contributed by atoms with van der Waals surface area (Å²) in [4.78, 5) is 11.8. The molecule has 2 N–H and O–H groups in total. The number of hydrogen-bond acceptors (Lipinski definition) is 4. The second-order valence-electron chi connectivity index (χ2n) is 4.73. The van der Waals surface area contributed by atoms with Crippen LogP contribution in [0.2, 0.25) is 0 Å². The molecule has 2 aromatic rings. The van der Waals surface area contributed by atoms with Gasteiger partial charge in [-0.3, -0.25) is 10.2 Å². The quantitative estimate of drug-likeness (QED) is 0.410. The summed E-state index contributed by atoms with van der Waals surface area (Å²) in [7, 11) is 0. The van der Waals surface area contributed by atoms with Crippen LogP contribution in [0.15, 0.2) is 48.5 Å². The molecule has 1 amide bonds. The number of hydrazine groups is 1. The molecule has 0 radical (unpaired) electrons. The van der Waals surface area contributed by atoms with Gasteiger partial charge in [0, 0.05) is 22.1 Å². The van der Waals surface area contributed by atoms with Crippen LogP contribution in [0.25, 0.3) is 0 Å². The fourth-order valence-corrected chi connectivity index (χ4v) is 2.14. The standard InChI is InChI=1S/C17H16IN3O2/c18-15-6-2-13(3-7-15)12-23-16-8-4-14(5-9-16)17(22)21-20-11-1-10-19/h2-9,20H,1,11-12H2,(H,21,22). The zero-order valence-electron chi connectivity index (χ0n) is 12.4. The lowest BCUT2D eigenvalue weighted by Crippen LogP contribution is -2.37. The van der Waals surface area contributed by atoms with Crippen LogP contribution in [-0.4, -0.2) is 12.5 Å².